The first-order valence-corrected chi connectivity index (χ1v) is 7.26. The summed E-state index contributed by atoms with van der Waals surface area (Å²) >= 11 is 2.76. The Bertz CT molecular complexity index is 365. The highest BCUT2D eigenvalue weighted by molar-refractivity contribution is 8.00. The van der Waals surface area contributed by atoms with Crippen molar-refractivity contribution in [3.63, 3.8) is 0 Å². The first-order valence-electron chi connectivity index (χ1n) is 5.23. The first-order chi connectivity index (χ1) is 8.13. The summed E-state index contributed by atoms with van der Waals surface area (Å²) in [5.41, 5.74) is 0. The van der Waals surface area contributed by atoms with Crippen molar-refractivity contribution in [3.8, 4) is 0 Å². The molecule has 0 saturated heterocycles. The molecule has 94 valence electrons. The maximum atomic E-state index is 11.8. The molecule has 17 heavy (non-hydrogen) atoms. The van der Waals surface area contributed by atoms with E-state index in [2.05, 4.69) is 0 Å². The lowest BCUT2D eigenvalue weighted by molar-refractivity contribution is -0.133. The molecule has 0 radical (unpaired) electrons. The number of carboxylic acids is 1. The van der Waals surface area contributed by atoms with Crippen molar-refractivity contribution in [2.75, 3.05) is 18.1 Å². The summed E-state index contributed by atoms with van der Waals surface area (Å²) in [6, 6.07) is 3.95. The topological polar surface area (TPSA) is 57.6 Å². The molecule has 1 aromatic rings. The van der Waals surface area contributed by atoms with Crippen LogP contribution in [0.3, 0.4) is 0 Å². The third-order valence-corrected chi connectivity index (χ3v) is 3.88. The van der Waals surface area contributed by atoms with Gasteiger partial charge in [-0.3, -0.25) is 9.59 Å². The monoisotopic (exact) mass is 273 g/mol. The second-order valence-electron chi connectivity index (χ2n) is 3.37. The van der Waals surface area contributed by atoms with Crippen molar-refractivity contribution in [1.82, 2.24) is 4.90 Å². The number of amides is 1. The minimum Gasteiger partial charge on any atom is -0.481 e. The van der Waals surface area contributed by atoms with Crippen LogP contribution in [0.25, 0.3) is 0 Å². The van der Waals surface area contributed by atoms with Crippen molar-refractivity contribution in [2.45, 2.75) is 13.5 Å². The van der Waals surface area contributed by atoms with Gasteiger partial charge in [0.25, 0.3) is 0 Å². The van der Waals surface area contributed by atoms with Crippen LogP contribution in [-0.2, 0) is 16.1 Å². The van der Waals surface area contributed by atoms with E-state index in [1.807, 2.05) is 24.4 Å². The Morgan fingerprint density at radius 2 is 2.24 bits per heavy atom. The number of thiophene rings is 1. The van der Waals surface area contributed by atoms with E-state index in [-0.39, 0.29) is 17.4 Å². The highest BCUT2D eigenvalue weighted by atomic mass is 32.2. The molecule has 1 aromatic heterocycles. The Hall–Kier alpha value is -1.01. The number of nitrogens with zero attached hydrogens (tertiary/aromatic N) is 1. The van der Waals surface area contributed by atoms with Crippen molar-refractivity contribution in [1.29, 1.82) is 0 Å². The van der Waals surface area contributed by atoms with Crippen LogP contribution in [-0.4, -0.2) is 39.9 Å². The van der Waals surface area contributed by atoms with Crippen LogP contribution in [0.2, 0.25) is 0 Å². The number of aliphatic carboxylic acids is 1. The summed E-state index contributed by atoms with van der Waals surface area (Å²) in [5.74, 6) is -0.690. The molecule has 0 atom stereocenters. The van der Waals surface area contributed by atoms with Gasteiger partial charge in [-0.05, 0) is 18.4 Å². The lowest BCUT2D eigenvalue weighted by Crippen LogP contribution is -2.31. The smallest absolute Gasteiger partial charge is 0.313 e. The highest BCUT2D eigenvalue weighted by Gasteiger charge is 2.13. The maximum Gasteiger partial charge on any atom is 0.313 e. The molecule has 0 spiro atoms. The molecule has 0 aliphatic carbocycles. The van der Waals surface area contributed by atoms with Crippen LogP contribution in [0, 0.1) is 0 Å². The van der Waals surface area contributed by atoms with Gasteiger partial charge in [0.05, 0.1) is 18.1 Å². The zero-order chi connectivity index (χ0) is 12.7. The van der Waals surface area contributed by atoms with Crippen LogP contribution in [0.5, 0.6) is 0 Å². The number of carbonyl (C=O) groups excluding carboxylic acids is 1. The van der Waals surface area contributed by atoms with Crippen molar-refractivity contribution < 1.29 is 14.7 Å². The van der Waals surface area contributed by atoms with Gasteiger partial charge in [-0.25, -0.2) is 0 Å². The fraction of sp³-hybridized carbons (Fsp3) is 0.455. The lowest BCUT2D eigenvalue weighted by atomic mass is 10.4. The van der Waals surface area contributed by atoms with Crippen LogP contribution in [0.1, 0.15) is 11.8 Å². The largest absolute Gasteiger partial charge is 0.481 e. The molecule has 0 aliphatic rings. The van der Waals surface area contributed by atoms with Crippen LogP contribution >= 0.6 is 23.1 Å². The normalized spacial score (nSPS) is 10.2. The van der Waals surface area contributed by atoms with Gasteiger partial charge in [0.2, 0.25) is 5.91 Å². The van der Waals surface area contributed by atoms with Gasteiger partial charge in [0.15, 0.2) is 0 Å². The van der Waals surface area contributed by atoms with E-state index in [0.29, 0.717) is 13.1 Å². The average Bonchev–Trinajstić information content (AvgIpc) is 2.77. The summed E-state index contributed by atoms with van der Waals surface area (Å²) in [6.45, 7) is 3.18. The average molecular weight is 273 g/mol. The number of hydrogen-bond acceptors (Lipinski definition) is 4. The third kappa shape index (κ3) is 5.23. The first kappa shape index (κ1) is 14.1. The molecule has 0 saturated carbocycles. The van der Waals surface area contributed by atoms with Gasteiger partial charge in [-0.2, -0.15) is 0 Å². The van der Waals surface area contributed by atoms with E-state index in [9.17, 15) is 9.59 Å². The summed E-state index contributed by atoms with van der Waals surface area (Å²) in [4.78, 5) is 25.0. The van der Waals surface area contributed by atoms with E-state index >= 15 is 0 Å². The molecule has 0 aliphatic heterocycles. The second kappa shape index (κ2) is 7.34. The maximum absolute atomic E-state index is 11.8. The highest BCUT2D eigenvalue weighted by Crippen LogP contribution is 2.13. The summed E-state index contributed by atoms with van der Waals surface area (Å²) in [7, 11) is 0. The van der Waals surface area contributed by atoms with Gasteiger partial charge >= 0.3 is 5.97 Å². The van der Waals surface area contributed by atoms with Gasteiger partial charge < -0.3 is 10.0 Å². The Morgan fingerprint density at radius 3 is 2.76 bits per heavy atom. The molecule has 1 rings (SSSR count). The van der Waals surface area contributed by atoms with Gasteiger partial charge in [-0.15, -0.1) is 23.1 Å². The van der Waals surface area contributed by atoms with E-state index in [1.165, 1.54) is 0 Å². The summed E-state index contributed by atoms with van der Waals surface area (Å²) in [5, 5.41) is 10.5. The number of rotatable bonds is 7. The number of carbonyl (C=O) groups is 2. The van der Waals surface area contributed by atoms with E-state index < -0.39 is 5.97 Å². The molecule has 1 heterocycles. The van der Waals surface area contributed by atoms with Crippen LogP contribution < -0.4 is 0 Å². The molecular weight excluding hydrogens is 258 g/mol. The molecule has 0 bridgehead atoms. The van der Waals surface area contributed by atoms with Crippen LogP contribution in [0.15, 0.2) is 17.5 Å². The quantitative estimate of drug-likeness (QED) is 0.824. The Kier molecular flexibility index (Phi) is 6.07. The lowest BCUT2D eigenvalue weighted by Gasteiger charge is -2.19. The zero-order valence-electron chi connectivity index (χ0n) is 9.59. The number of hydrogen-bond donors (Lipinski definition) is 1. The number of thioether (sulfide) groups is 1. The Morgan fingerprint density at radius 1 is 1.47 bits per heavy atom. The van der Waals surface area contributed by atoms with Gasteiger partial charge in [-0.1, -0.05) is 6.07 Å². The number of carboxylic acid groups (broad SMARTS) is 1. The fourth-order valence-electron chi connectivity index (χ4n) is 1.28. The van der Waals surface area contributed by atoms with E-state index in [4.69, 9.17) is 5.11 Å². The molecule has 1 N–H and O–H groups in total. The van der Waals surface area contributed by atoms with Gasteiger partial charge in [0, 0.05) is 11.4 Å². The molecule has 6 heteroatoms. The third-order valence-electron chi connectivity index (χ3n) is 2.11. The summed E-state index contributed by atoms with van der Waals surface area (Å²) < 4.78 is 0. The van der Waals surface area contributed by atoms with Crippen molar-refractivity contribution in [3.05, 3.63) is 22.4 Å². The van der Waals surface area contributed by atoms with Crippen LogP contribution in [0.4, 0.5) is 0 Å². The summed E-state index contributed by atoms with van der Waals surface area (Å²) in [6.07, 6.45) is 0. The second-order valence-corrected chi connectivity index (χ2v) is 5.39. The molecule has 0 unspecified atom stereocenters. The standard InChI is InChI=1S/C11H15NO3S2/c1-2-12(6-9-4-3-5-17-9)10(13)7-16-8-11(14)15/h3-5H,2,6-8H2,1H3,(H,14,15). The Labute approximate surface area is 109 Å². The predicted octanol–water partition coefficient (Wildman–Crippen LogP) is 1.91. The van der Waals surface area contributed by atoms with Crippen molar-refractivity contribution >= 4 is 35.0 Å². The predicted molar refractivity (Wildman–Crippen MR) is 70.4 cm³/mol. The minimum atomic E-state index is -0.885. The molecule has 0 fully saturated rings. The van der Waals surface area contributed by atoms with Crippen molar-refractivity contribution in [2.24, 2.45) is 0 Å². The molecular formula is C11H15NO3S2. The fourth-order valence-corrected chi connectivity index (χ4v) is 2.64. The van der Waals surface area contributed by atoms with E-state index in [1.54, 1.807) is 16.2 Å². The molecule has 1 amide bonds. The SMILES string of the molecule is CCN(Cc1cccs1)C(=O)CSCC(=O)O. The molecule has 0 aromatic carbocycles. The molecule has 4 nitrogen and oxygen atoms in total. The zero-order valence-corrected chi connectivity index (χ0v) is 11.2. The van der Waals surface area contributed by atoms with E-state index in [0.717, 1.165) is 16.6 Å². The Balaban J connectivity index is 2.38. The minimum absolute atomic E-state index is 0.00727. The van der Waals surface area contributed by atoms with Gasteiger partial charge in [0.1, 0.15) is 0 Å².